The molecule has 2 rings (SSSR count). The number of carbonyl (C=O) groups excluding carboxylic acids is 2. The van der Waals surface area contributed by atoms with Gasteiger partial charge in [0, 0.05) is 5.69 Å². The van der Waals surface area contributed by atoms with Crippen molar-refractivity contribution >= 4 is 46.4 Å². The van der Waals surface area contributed by atoms with E-state index in [9.17, 15) is 22.8 Å². The third kappa shape index (κ3) is 7.40. The molecule has 2 aromatic carbocycles. The first-order valence-corrected chi connectivity index (χ1v) is 9.11. The number of nitrogens with one attached hydrogen (secondary N) is 2. The number of hydrogen-bond donors (Lipinski definition) is 2. The monoisotopic (exact) mass is 434 g/mol. The summed E-state index contributed by atoms with van der Waals surface area (Å²) in [6, 6.07) is 10.6. The van der Waals surface area contributed by atoms with Gasteiger partial charge in [0.15, 0.2) is 0 Å². The molecular weight excluding hydrogens is 416 g/mol. The van der Waals surface area contributed by atoms with Crippen LogP contribution in [-0.2, 0) is 15.8 Å². The zero-order valence-electron chi connectivity index (χ0n) is 15.2. The van der Waals surface area contributed by atoms with Gasteiger partial charge in [-0.15, -0.1) is 23.2 Å². The normalized spacial score (nSPS) is 10.5. The van der Waals surface area contributed by atoms with Gasteiger partial charge in [-0.2, -0.15) is 13.2 Å². The summed E-state index contributed by atoms with van der Waals surface area (Å²) in [6.45, 7) is 3.91. The summed E-state index contributed by atoms with van der Waals surface area (Å²) in [4.78, 5) is 21.9. The second-order valence-corrected chi connectivity index (χ2v) is 6.21. The Bertz CT molecular complexity index is 807. The fraction of sp³-hybridized carbons (Fsp3) is 0.263. The summed E-state index contributed by atoms with van der Waals surface area (Å²) in [7, 11) is 0. The van der Waals surface area contributed by atoms with Crippen molar-refractivity contribution in [3.05, 3.63) is 59.2 Å². The molecule has 0 bridgehead atoms. The lowest BCUT2D eigenvalue weighted by atomic mass is 10.1. The van der Waals surface area contributed by atoms with Crippen molar-refractivity contribution in [2.75, 3.05) is 22.4 Å². The molecule has 0 aliphatic heterocycles. The molecule has 0 fully saturated rings. The van der Waals surface area contributed by atoms with Gasteiger partial charge in [0.1, 0.15) is 11.8 Å². The van der Waals surface area contributed by atoms with E-state index in [2.05, 4.69) is 10.6 Å². The molecule has 0 unspecified atom stereocenters. The standard InChI is InChI=1S/C10H12ClNO.C9H7ClF3NO/c1-7-4-3-5-8(2)10(7)12-9(13)6-11;10-5-8(15)14-7-4-2-1-3-6(7)9(11,12)13/h3-5H,6H2,1-2H3,(H,12,13);1-4H,5H2,(H,14,15). The lowest BCUT2D eigenvalue weighted by Gasteiger charge is -2.12. The summed E-state index contributed by atoms with van der Waals surface area (Å²) in [5.41, 5.74) is 1.81. The first kappa shape index (κ1) is 23.8. The number of aryl methyl sites for hydroxylation is 2. The Balaban J connectivity index is 0.000000283. The predicted octanol–water partition coefficient (Wildman–Crippen LogP) is 5.36. The highest BCUT2D eigenvalue weighted by atomic mass is 35.5. The Labute approximate surface area is 171 Å². The van der Waals surface area contributed by atoms with E-state index in [0.29, 0.717) is 0 Å². The van der Waals surface area contributed by atoms with Crippen LogP contribution in [-0.4, -0.2) is 23.6 Å². The van der Waals surface area contributed by atoms with E-state index < -0.39 is 17.6 Å². The van der Waals surface area contributed by atoms with E-state index in [0.717, 1.165) is 22.9 Å². The topological polar surface area (TPSA) is 58.2 Å². The quantitative estimate of drug-likeness (QED) is 0.635. The molecule has 0 aliphatic carbocycles. The highest BCUT2D eigenvalue weighted by molar-refractivity contribution is 6.29. The maximum absolute atomic E-state index is 12.4. The van der Waals surface area contributed by atoms with Crippen molar-refractivity contribution in [2.45, 2.75) is 20.0 Å². The Morgan fingerprint density at radius 3 is 1.86 bits per heavy atom. The van der Waals surface area contributed by atoms with E-state index in [-0.39, 0.29) is 23.4 Å². The van der Waals surface area contributed by atoms with Crippen LogP contribution in [0.4, 0.5) is 24.5 Å². The lowest BCUT2D eigenvalue weighted by molar-refractivity contribution is -0.137. The molecular formula is C19H19Cl2F3N2O2. The number of rotatable bonds is 4. The molecule has 28 heavy (non-hydrogen) atoms. The average Bonchev–Trinajstić information content (AvgIpc) is 2.64. The van der Waals surface area contributed by atoms with Gasteiger partial charge in [-0.05, 0) is 37.1 Å². The molecule has 2 amide bonds. The van der Waals surface area contributed by atoms with Crippen molar-refractivity contribution < 1.29 is 22.8 Å². The van der Waals surface area contributed by atoms with E-state index in [1.54, 1.807) is 0 Å². The average molecular weight is 435 g/mol. The Morgan fingerprint density at radius 1 is 0.857 bits per heavy atom. The SMILES string of the molecule is Cc1cccc(C)c1NC(=O)CCl.O=C(CCl)Nc1ccccc1C(F)(F)F. The molecule has 0 atom stereocenters. The highest BCUT2D eigenvalue weighted by Crippen LogP contribution is 2.34. The second-order valence-electron chi connectivity index (χ2n) is 5.67. The Morgan fingerprint density at radius 2 is 1.36 bits per heavy atom. The minimum Gasteiger partial charge on any atom is -0.325 e. The molecule has 2 N–H and O–H groups in total. The summed E-state index contributed by atoms with van der Waals surface area (Å²) in [5, 5.41) is 4.83. The van der Waals surface area contributed by atoms with Gasteiger partial charge in [-0.25, -0.2) is 0 Å². The van der Waals surface area contributed by atoms with Gasteiger partial charge in [0.25, 0.3) is 0 Å². The number of anilines is 2. The van der Waals surface area contributed by atoms with Crippen molar-refractivity contribution in [1.82, 2.24) is 0 Å². The number of alkyl halides is 5. The van der Waals surface area contributed by atoms with Crippen LogP contribution < -0.4 is 10.6 Å². The maximum atomic E-state index is 12.4. The van der Waals surface area contributed by atoms with Crippen LogP contribution in [0.3, 0.4) is 0 Å². The third-order valence-electron chi connectivity index (χ3n) is 3.49. The predicted molar refractivity (Wildman–Crippen MR) is 106 cm³/mol. The molecule has 0 aliphatic rings. The highest BCUT2D eigenvalue weighted by Gasteiger charge is 2.33. The van der Waals surface area contributed by atoms with Crippen LogP contribution in [0.5, 0.6) is 0 Å². The second kappa shape index (κ2) is 10.9. The van der Waals surface area contributed by atoms with E-state index in [1.165, 1.54) is 18.2 Å². The fourth-order valence-corrected chi connectivity index (χ4v) is 2.34. The molecule has 0 aromatic heterocycles. The minimum atomic E-state index is -4.49. The van der Waals surface area contributed by atoms with Gasteiger partial charge < -0.3 is 10.6 Å². The number of hydrogen-bond acceptors (Lipinski definition) is 2. The van der Waals surface area contributed by atoms with Gasteiger partial charge >= 0.3 is 6.18 Å². The summed E-state index contributed by atoms with van der Waals surface area (Å²) in [5.74, 6) is -1.23. The van der Waals surface area contributed by atoms with Gasteiger partial charge in [-0.3, -0.25) is 9.59 Å². The molecule has 0 saturated heterocycles. The Kier molecular flexibility index (Phi) is 9.28. The first-order valence-electron chi connectivity index (χ1n) is 8.04. The van der Waals surface area contributed by atoms with E-state index in [1.807, 2.05) is 32.0 Å². The number of halogens is 5. The van der Waals surface area contributed by atoms with Crippen LogP contribution in [0.15, 0.2) is 42.5 Å². The van der Waals surface area contributed by atoms with Gasteiger partial charge in [-0.1, -0.05) is 30.3 Å². The zero-order chi connectivity index (χ0) is 21.3. The number of amides is 2. The lowest BCUT2D eigenvalue weighted by Crippen LogP contribution is -2.17. The van der Waals surface area contributed by atoms with Crippen molar-refractivity contribution in [1.29, 1.82) is 0 Å². The van der Waals surface area contributed by atoms with Crippen LogP contribution in [0.25, 0.3) is 0 Å². The van der Waals surface area contributed by atoms with Crippen LogP contribution in [0, 0.1) is 13.8 Å². The molecule has 0 spiro atoms. The largest absolute Gasteiger partial charge is 0.418 e. The van der Waals surface area contributed by atoms with Crippen molar-refractivity contribution in [2.24, 2.45) is 0 Å². The third-order valence-corrected chi connectivity index (χ3v) is 3.98. The van der Waals surface area contributed by atoms with Crippen LogP contribution >= 0.6 is 23.2 Å². The molecule has 4 nitrogen and oxygen atoms in total. The smallest absolute Gasteiger partial charge is 0.325 e. The minimum absolute atomic E-state index is 0.00618. The first-order chi connectivity index (χ1) is 13.1. The summed E-state index contributed by atoms with van der Waals surface area (Å²) in [6.07, 6.45) is -4.49. The van der Waals surface area contributed by atoms with E-state index in [4.69, 9.17) is 23.2 Å². The number of benzene rings is 2. The van der Waals surface area contributed by atoms with Gasteiger partial charge in [0.2, 0.25) is 11.8 Å². The molecule has 2 aromatic rings. The molecule has 152 valence electrons. The van der Waals surface area contributed by atoms with Crippen LogP contribution in [0.2, 0.25) is 0 Å². The number of carbonyl (C=O) groups is 2. The van der Waals surface area contributed by atoms with Crippen molar-refractivity contribution in [3.8, 4) is 0 Å². The van der Waals surface area contributed by atoms with E-state index >= 15 is 0 Å². The van der Waals surface area contributed by atoms with Crippen molar-refractivity contribution in [3.63, 3.8) is 0 Å². The Hall–Kier alpha value is -2.25. The zero-order valence-corrected chi connectivity index (χ0v) is 16.7. The number of para-hydroxylation sites is 2. The van der Waals surface area contributed by atoms with Crippen LogP contribution in [0.1, 0.15) is 16.7 Å². The molecule has 0 radical (unpaired) electrons. The maximum Gasteiger partial charge on any atom is 0.418 e. The fourth-order valence-electron chi connectivity index (χ4n) is 2.21. The molecule has 0 saturated carbocycles. The molecule has 9 heteroatoms. The molecule has 0 heterocycles. The van der Waals surface area contributed by atoms with Gasteiger partial charge in [0.05, 0.1) is 11.3 Å². The summed E-state index contributed by atoms with van der Waals surface area (Å²) < 4.78 is 37.3. The summed E-state index contributed by atoms with van der Waals surface area (Å²) >= 11 is 10.6.